The van der Waals surface area contributed by atoms with Gasteiger partial charge in [-0.2, -0.15) is 0 Å². The third kappa shape index (κ3) is 4.09. The second kappa shape index (κ2) is 10.4. The van der Waals surface area contributed by atoms with Crippen molar-refractivity contribution in [1.29, 1.82) is 0 Å². The summed E-state index contributed by atoms with van der Waals surface area (Å²) in [6.45, 7) is 4.67. The molecule has 218 valence electrons. The molecule has 0 N–H and O–H groups in total. The predicted molar refractivity (Wildman–Crippen MR) is 192 cm³/mol. The molecule has 0 bridgehead atoms. The van der Waals surface area contributed by atoms with Gasteiger partial charge in [-0.25, -0.2) is 0 Å². The minimum absolute atomic E-state index is 0.0414. The van der Waals surface area contributed by atoms with E-state index in [9.17, 15) is 0 Å². The fourth-order valence-electron chi connectivity index (χ4n) is 7.71. The molecule has 0 saturated heterocycles. The fourth-order valence-corrected chi connectivity index (χ4v) is 9.11. The van der Waals surface area contributed by atoms with Crippen LogP contribution in [0.25, 0.3) is 53.8 Å². The van der Waals surface area contributed by atoms with Crippen molar-refractivity contribution in [2.45, 2.75) is 32.4 Å². The van der Waals surface area contributed by atoms with E-state index in [0.717, 1.165) is 6.42 Å². The molecule has 1 aliphatic heterocycles. The Bertz CT molecular complexity index is 2350. The minimum Gasteiger partial charge on any atom is -0.317 e. The van der Waals surface area contributed by atoms with Crippen molar-refractivity contribution >= 4 is 59.7 Å². The van der Waals surface area contributed by atoms with E-state index in [0.29, 0.717) is 5.92 Å². The van der Waals surface area contributed by atoms with Gasteiger partial charge in [-0.05, 0) is 76.7 Å². The van der Waals surface area contributed by atoms with Crippen LogP contribution in [0.3, 0.4) is 0 Å². The minimum atomic E-state index is -0.0414. The van der Waals surface area contributed by atoms with Gasteiger partial charge in [0.05, 0.1) is 16.7 Å². The number of rotatable bonds is 4. The number of thiophene rings is 1. The molecule has 1 aliphatic carbocycles. The predicted octanol–water partition coefficient (Wildman–Crippen LogP) is 11.1. The molecule has 0 radical (unpaired) electrons. The summed E-state index contributed by atoms with van der Waals surface area (Å²) < 4.78 is 3.90. The number of allylic oxidation sites excluding steroid dienone is 4. The lowest BCUT2D eigenvalue weighted by Crippen LogP contribution is -2.29. The monoisotopic (exact) mass is 599 g/mol. The van der Waals surface area contributed by atoms with Crippen LogP contribution in [0.15, 0.2) is 133 Å². The van der Waals surface area contributed by atoms with Gasteiger partial charge < -0.3 is 4.57 Å². The number of benzene rings is 4. The summed E-state index contributed by atoms with van der Waals surface area (Å²) in [5.41, 5.74) is 7.51. The first kappa shape index (κ1) is 26.6. The number of hydrogen-bond donors (Lipinski definition) is 0. The smallest absolute Gasteiger partial charge is 0.133 e. The van der Waals surface area contributed by atoms with Crippen LogP contribution >= 0.6 is 11.3 Å². The van der Waals surface area contributed by atoms with Crippen molar-refractivity contribution in [3.63, 3.8) is 0 Å². The van der Waals surface area contributed by atoms with Gasteiger partial charge in [-0.1, -0.05) is 86.7 Å². The van der Waals surface area contributed by atoms with Crippen LogP contribution in [0.4, 0.5) is 0 Å². The van der Waals surface area contributed by atoms with E-state index in [1.807, 2.05) is 23.7 Å². The van der Waals surface area contributed by atoms with Gasteiger partial charge in [0.15, 0.2) is 0 Å². The molecule has 4 heterocycles. The lowest BCUT2D eigenvalue weighted by Gasteiger charge is -2.34. The van der Waals surface area contributed by atoms with Crippen LogP contribution in [0.2, 0.25) is 0 Å². The first-order valence-electron chi connectivity index (χ1n) is 16.0. The van der Waals surface area contributed by atoms with Crippen LogP contribution in [-0.2, 0) is 0 Å². The molecule has 0 fully saturated rings. The zero-order valence-electron chi connectivity index (χ0n) is 25.4. The molecule has 0 amide bonds. The Balaban J connectivity index is 1.34. The number of fused-ring (bicyclic) bond motifs is 7. The van der Waals surface area contributed by atoms with Crippen molar-refractivity contribution in [2.75, 3.05) is 0 Å². The number of hydrogen-bond acceptors (Lipinski definition) is 3. The number of aliphatic imine (C=N–C) groups is 1. The third-order valence-corrected chi connectivity index (χ3v) is 11.3. The van der Waals surface area contributed by atoms with Crippen LogP contribution in [0.5, 0.6) is 0 Å². The van der Waals surface area contributed by atoms with E-state index in [4.69, 9.17) is 4.99 Å². The summed E-state index contributed by atoms with van der Waals surface area (Å²) in [6.07, 6.45) is 13.8. The molecule has 3 aromatic heterocycles. The molecule has 45 heavy (non-hydrogen) atoms. The zero-order valence-corrected chi connectivity index (χ0v) is 26.2. The van der Waals surface area contributed by atoms with Crippen molar-refractivity contribution in [1.82, 2.24) is 9.55 Å². The Hall–Kier alpha value is -4.80. The van der Waals surface area contributed by atoms with E-state index < -0.39 is 0 Å². The first-order chi connectivity index (χ1) is 22.2. The highest BCUT2D eigenvalue weighted by atomic mass is 32.1. The fraction of sp³-hybridized carbons (Fsp3) is 0.171. The number of pyridine rings is 1. The normalized spacial score (nSPS) is 21.2. The quantitative estimate of drug-likeness (QED) is 0.198. The average molecular weight is 600 g/mol. The molecule has 4 heteroatoms. The zero-order chi connectivity index (χ0) is 30.1. The van der Waals surface area contributed by atoms with Gasteiger partial charge in [0, 0.05) is 55.5 Å². The topological polar surface area (TPSA) is 30.2 Å². The molecule has 9 rings (SSSR count). The van der Waals surface area contributed by atoms with Crippen molar-refractivity contribution in [3.8, 4) is 11.1 Å². The first-order valence-corrected chi connectivity index (χ1v) is 16.8. The molecular formula is C41H33N3S. The molecule has 4 atom stereocenters. The maximum atomic E-state index is 5.89. The molecular weight excluding hydrogens is 567 g/mol. The SMILES string of the molecule is CC[C@H]1c2sc3ccc(-c4ccncc4)cc3c2C(C2C=CC=CC2C)=NC1n1c2ccccc2c2cc3ccccc3cc21. The van der Waals surface area contributed by atoms with Gasteiger partial charge in [0.25, 0.3) is 0 Å². The van der Waals surface area contributed by atoms with Crippen LogP contribution < -0.4 is 0 Å². The summed E-state index contributed by atoms with van der Waals surface area (Å²) in [6, 6.07) is 33.6. The van der Waals surface area contributed by atoms with Gasteiger partial charge in [-0.15, -0.1) is 11.3 Å². The summed E-state index contributed by atoms with van der Waals surface area (Å²) in [7, 11) is 0. The average Bonchev–Trinajstić information content (AvgIpc) is 3.62. The highest BCUT2D eigenvalue weighted by Crippen LogP contribution is 2.51. The van der Waals surface area contributed by atoms with E-state index in [1.54, 1.807) is 0 Å². The molecule has 2 aliphatic rings. The molecule has 4 aromatic carbocycles. The molecule has 3 unspecified atom stereocenters. The van der Waals surface area contributed by atoms with E-state index >= 15 is 0 Å². The summed E-state index contributed by atoms with van der Waals surface area (Å²) >= 11 is 1.97. The highest BCUT2D eigenvalue weighted by Gasteiger charge is 2.38. The Labute approximate surface area is 266 Å². The Morgan fingerprint density at radius 3 is 2.33 bits per heavy atom. The number of aromatic nitrogens is 2. The van der Waals surface area contributed by atoms with Gasteiger partial charge >= 0.3 is 0 Å². The van der Waals surface area contributed by atoms with Crippen molar-refractivity contribution in [3.05, 3.63) is 138 Å². The summed E-state index contributed by atoms with van der Waals surface area (Å²) in [5, 5.41) is 6.46. The standard InChI is InChI=1S/C41H33N3S/c1-3-30-40-38(34-23-29(16-17-37(34)45-40)26-18-20-42-21-19-26)39(31-13-7-4-10-25(31)2)43-41(30)44-35-15-9-8-14-32(35)33-22-27-11-5-6-12-28(27)24-36(33)44/h4-25,30-31,41H,3H2,1-2H3/t25?,30-,31?,41?/m0/s1. The lowest BCUT2D eigenvalue weighted by atomic mass is 9.79. The molecule has 0 saturated carbocycles. The van der Waals surface area contributed by atoms with Crippen molar-refractivity contribution in [2.24, 2.45) is 16.8 Å². The van der Waals surface area contributed by atoms with Gasteiger partial charge in [-0.3, -0.25) is 9.98 Å². The van der Waals surface area contributed by atoms with Crippen LogP contribution in [-0.4, -0.2) is 15.3 Å². The number of nitrogens with zero attached hydrogens (tertiary/aromatic N) is 3. The Morgan fingerprint density at radius 1 is 0.733 bits per heavy atom. The maximum Gasteiger partial charge on any atom is 0.133 e. The molecule has 7 aromatic rings. The van der Waals surface area contributed by atoms with E-state index in [-0.39, 0.29) is 18.0 Å². The van der Waals surface area contributed by atoms with Crippen LogP contribution in [0, 0.1) is 11.8 Å². The highest BCUT2D eigenvalue weighted by molar-refractivity contribution is 7.19. The van der Waals surface area contributed by atoms with Gasteiger partial charge in [0.2, 0.25) is 0 Å². The second-order valence-corrected chi connectivity index (χ2v) is 13.6. The second-order valence-electron chi connectivity index (χ2n) is 12.5. The van der Waals surface area contributed by atoms with Gasteiger partial charge in [0.1, 0.15) is 6.17 Å². The van der Waals surface area contributed by atoms with E-state index in [2.05, 4.69) is 139 Å². The molecule has 0 spiro atoms. The Kier molecular flexibility index (Phi) is 6.14. The summed E-state index contributed by atoms with van der Waals surface area (Å²) in [5.74, 6) is 0.834. The van der Waals surface area contributed by atoms with Crippen LogP contribution in [0.1, 0.15) is 42.8 Å². The maximum absolute atomic E-state index is 5.89. The lowest BCUT2D eigenvalue weighted by molar-refractivity contribution is 0.431. The largest absolute Gasteiger partial charge is 0.317 e. The van der Waals surface area contributed by atoms with Crippen molar-refractivity contribution < 1.29 is 0 Å². The summed E-state index contributed by atoms with van der Waals surface area (Å²) in [4.78, 5) is 11.6. The van der Waals surface area contributed by atoms with E-state index in [1.165, 1.54) is 69.9 Å². The molecule has 3 nitrogen and oxygen atoms in total. The Morgan fingerprint density at radius 2 is 1.51 bits per heavy atom. The number of para-hydroxylation sites is 1. The third-order valence-electron chi connectivity index (χ3n) is 9.96.